The number of unbranched alkanes of at least 4 members (excludes halogenated alkanes) is 7. The summed E-state index contributed by atoms with van der Waals surface area (Å²) in [5, 5.41) is 0. The molecule has 4 nitrogen and oxygen atoms in total. The first-order valence-electron chi connectivity index (χ1n) is 12.1. The number of para-hydroxylation sites is 2. The lowest BCUT2D eigenvalue weighted by atomic mass is 9.96. The third kappa shape index (κ3) is 12.0. The van der Waals surface area contributed by atoms with Crippen LogP contribution in [0.1, 0.15) is 111 Å². The minimum Gasteiger partial charge on any atom is -0.423 e. The molecule has 0 aliphatic heterocycles. The molecule has 0 amide bonds. The minimum atomic E-state index is -0.271. The van der Waals surface area contributed by atoms with E-state index < -0.39 is 0 Å². The van der Waals surface area contributed by atoms with E-state index in [1.54, 1.807) is 24.3 Å². The summed E-state index contributed by atoms with van der Waals surface area (Å²) in [7, 11) is 0. The van der Waals surface area contributed by atoms with Crippen LogP contribution in [-0.4, -0.2) is 11.9 Å². The third-order valence-electron chi connectivity index (χ3n) is 5.68. The van der Waals surface area contributed by atoms with Crippen molar-refractivity contribution < 1.29 is 19.1 Å². The highest BCUT2D eigenvalue weighted by Crippen LogP contribution is 2.27. The molecule has 1 aromatic carbocycles. The van der Waals surface area contributed by atoms with Gasteiger partial charge in [0.05, 0.1) is 0 Å². The molecule has 0 radical (unpaired) electrons. The van der Waals surface area contributed by atoms with Crippen LogP contribution in [0.4, 0.5) is 0 Å². The number of rotatable bonds is 17. The molecule has 0 aliphatic rings. The van der Waals surface area contributed by atoms with Gasteiger partial charge in [-0.05, 0) is 30.9 Å². The molecule has 0 aromatic heterocycles. The fourth-order valence-corrected chi connectivity index (χ4v) is 3.59. The van der Waals surface area contributed by atoms with Crippen molar-refractivity contribution in [1.82, 2.24) is 0 Å². The van der Waals surface area contributed by atoms with Crippen LogP contribution in [0, 0.1) is 5.92 Å². The molecule has 0 saturated heterocycles. The first-order valence-corrected chi connectivity index (χ1v) is 12.1. The molecule has 30 heavy (non-hydrogen) atoms. The summed E-state index contributed by atoms with van der Waals surface area (Å²) in [6, 6.07) is 6.91. The predicted octanol–water partition coefficient (Wildman–Crippen LogP) is 7.63. The van der Waals surface area contributed by atoms with Crippen LogP contribution in [-0.2, 0) is 9.59 Å². The summed E-state index contributed by atoms with van der Waals surface area (Å²) >= 11 is 0. The average Bonchev–Trinajstić information content (AvgIpc) is 2.74. The Labute approximate surface area is 183 Å². The molecular formula is C26H42O4. The zero-order valence-electron chi connectivity index (χ0n) is 19.4. The van der Waals surface area contributed by atoms with E-state index in [1.807, 2.05) is 0 Å². The molecule has 1 aromatic rings. The first kappa shape index (κ1) is 26.2. The van der Waals surface area contributed by atoms with Crippen LogP contribution in [0.3, 0.4) is 0 Å². The van der Waals surface area contributed by atoms with Gasteiger partial charge in [-0.2, -0.15) is 0 Å². The van der Waals surface area contributed by atoms with Crippen molar-refractivity contribution >= 4 is 11.9 Å². The topological polar surface area (TPSA) is 52.6 Å². The second kappa shape index (κ2) is 16.9. The lowest BCUT2D eigenvalue weighted by molar-refractivity contribution is -0.137. The summed E-state index contributed by atoms with van der Waals surface area (Å²) in [5.41, 5.74) is 0. The van der Waals surface area contributed by atoms with Crippen LogP contribution in [0.5, 0.6) is 11.5 Å². The molecule has 0 heterocycles. The number of hydrogen-bond acceptors (Lipinski definition) is 4. The van der Waals surface area contributed by atoms with Gasteiger partial charge in [0, 0.05) is 12.8 Å². The van der Waals surface area contributed by atoms with Crippen LogP contribution in [0.2, 0.25) is 0 Å². The van der Waals surface area contributed by atoms with Gasteiger partial charge in [0.15, 0.2) is 11.5 Å². The van der Waals surface area contributed by atoms with Crippen molar-refractivity contribution in [2.45, 2.75) is 111 Å². The Bertz CT molecular complexity index is 592. The third-order valence-corrected chi connectivity index (χ3v) is 5.68. The average molecular weight is 419 g/mol. The Morgan fingerprint density at radius 3 is 1.63 bits per heavy atom. The molecule has 0 N–H and O–H groups in total. The van der Waals surface area contributed by atoms with Crippen molar-refractivity contribution in [2.24, 2.45) is 5.92 Å². The maximum Gasteiger partial charge on any atom is 0.311 e. The number of carbonyl (C=O) groups is 2. The Morgan fingerprint density at radius 2 is 1.17 bits per heavy atom. The molecule has 0 saturated carbocycles. The largest absolute Gasteiger partial charge is 0.423 e. The molecule has 0 spiro atoms. The van der Waals surface area contributed by atoms with Gasteiger partial charge in [-0.3, -0.25) is 9.59 Å². The van der Waals surface area contributed by atoms with E-state index in [0.717, 1.165) is 44.4 Å². The Morgan fingerprint density at radius 1 is 0.700 bits per heavy atom. The second-order valence-corrected chi connectivity index (χ2v) is 8.19. The molecule has 4 heteroatoms. The monoisotopic (exact) mass is 418 g/mol. The Kier molecular flexibility index (Phi) is 14.8. The van der Waals surface area contributed by atoms with E-state index in [1.165, 1.54) is 38.5 Å². The van der Waals surface area contributed by atoms with Crippen molar-refractivity contribution in [1.29, 1.82) is 0 Å². The van der Waals surface area contributed by atoms with E-state index in [-0.39, 0.29) is 11.9 Å². The maximum atomic E-state index is 12.2. The standard InChI is InChI=1S/C26H42O4/c1-4-7-8-9-13-20-25(27)29-23-18-15-16-19-24(23)30-26(28)21-14-11-10-12-17-22(5-2)6-3/h15-16,18-19,22H,4-14,17,20-21H2,1-3H3. The molecule has 0 bridgehead atoms. The van der Waals surface area contributed by atoms with E-state index in [2.05, 4.69) is 20.8 Å². The van der Waals surface area contributed by atoms with Gasteiger partial charge in [-0.1, -0.05) is 97.1 Å². The molecule has 0 unspecified atom stereocenters. The van der Waals surface area contributed by atoms with Gasteiger partial charge in [-0.25, -0.2) is 0 Å². The van der Waals surface area contributed by atoms with E-state index in [9.17, 15) is 9.59 Å². The first-order chi connectivity index (χ1) is 14.6. The fraction of sp³-hybridized carbons (Fsp3) is 0.692. The lowest BCUT2D eigenvalue weighted by Gasteiger charge is -2.11. The summed E-state index contributed by atoms with van der Waals surface area (Å²) in [6.45, 7) is 6.68. The van der Waals surface area contributed by atoms with Crippen LogP contribution in [0.15, 0.2) is 24.3 Å². The minimum absolute atomic E-state index is 0.266. The summed E-state index contributed by atoms with van der Waals surface area (Å²) in [5.74, 6) is 0.959. The molecule has 0 fully saturated rings. The van der Waals surface area contributed by atoms with E-state index >= 15 is 0 Å². The SMILES string of the molecule is CCCCCCCC(=O)Oc1ccccc1OC(=O)CCCCCCC(CC)CC. The molecule has 1 rings (SSSR count). The normalized spacial score (nSPS) is 10.9. The van der Waals surface area contributed by atoms with Gasteiger partial charge in [-0.15, -0.1) is 0 Å². The predicted molar refractivity (Wildman–Crippen MR) is 123 cm³/mol. The molecular weight excluding hydrogens is 376 g/mol. The number of ether oxygens (including phenoxy) is 2. The Balaban J connectivity index is 2.31. The van der Waals surface area contributed by atoms with Gasteiger partial charge < -0.3 is 9.47 Å². The highest BCUT2D eigenvalue weighted by atomic mass is 16.6. The van der Waals surface area contributed by atoms with Gasteiger partial charge in [0.2, 0.25) is 0 Å². The number of esters is 2. The van der Waals surface area contributed by atoms with Crippen LogP contribution >= 0.6 is 0 Å². The number of carbonyl (C=O) groups excluding carboxylic acids is 2. The number of benzene rings is 1. The maximum absolute atomic E-state index is 12.2. The van der Waals surface area contributed by atoms with Gasteiger partial charge in [0.25, 0.3) is 0 Å². The summed E-state index contributed by atoms with van der Waals surface area (Å²) < 4.78 is 10.9. The van der Waals surface area contributed by atoms with E-state index in [0.29, 0.717) is 24.3 Å². The molecule has 170 valence electrons. The lowest BCUT2D eigenvalue weighted by Crippen LogP contribution is -2.12. The Hall–Kier alpha value is -1.84. The van der Waals surface area contributed by atoms with Gasteiger partial charge >= 0.3 is 11.9 Å². The van der Waals surface area contributed by atoms with Crippen molar-refractivity contribution in [3.05, 3.63) is 24.3 Å². The van der Waals surface area contributed by atoms with Crippen molar-refractivity contribution in [3.8, 4) is 11.5 Å². The number of hydrogen-bond donors (Lipinski definition) is 0. The van der Waals surface area contributed by atoms with Crippen LogP contribution in [0.25, 0.3) is 0 Å². The quantitative estimate of drug-likeness (QED) is 0.148. The highest BCUT2D eigenvalue weighted by molar-refractivity contribution is 5.76. The zero-order valence-corrected chi connectivity index (χ0v) is 19.4. The van der Waals surface area contributed by atoms with Crippen molar-refractivity contribution in [3.63, 3.8) is 0 Å². The van der Waals surface area contributed by atoms with Gasteiger partial charge in [0.1, 0.15) is 0 Å². The van der Waals surface area contributed by atoms with Crippen molar-refractivity contribution in [2.75, 3.05) is 0 Å². The smallest absolute Gasteiger partial charge is 0.311 e. The summed E-state index contributed by atoms with van der Waals surface area (Å²) in [6.07, 6.45) is 14.3. The van der Waals surface area contributed by atoms with E-state index in [4.69, 9.17) is 9.47 Å². The zero-order chi connectivity index (χ0) is 22.0. The van der Waals surface area contributed by atoms with Crippen LogP contribution < -0.4 is 9.47 Å². The molecule has 0 aliphatic carbocycles. The highest BCUT2D eigenvalue weighted by Gasteiger charge is 2.13. The second-order valence-electron chi connectivity index (χ2n) is 8.19. The molecule has 0 atom stereocenters. The fourth-order valence-electron chi connectivity index (χ4n) is 3.59. The summed E-state index contributed by atoms with van der Waals surface area (Å²) in [4.78, 5) is 24.3.